The van der Waals surface area contributed by atoms with Gasteiger partial charge in [0.15, 0.2) is 0 Å². The Kier molecular flexibility index (Phi) is 5.32. The van der Waals surface area contributed by atoms with Gasteiger partial charge in [0.1, 0.15) is 0 Å². The van der Waals surface area contributed by atoms with E-state index < -0.39 is 11.4 Å². The summed E-state index contributed by atoms with van der Waals surface area (Å²) in [5.74, 6) is -0.939. The number of piperidine rings is 1. The molecule has 23 heavy (non-hydrogen) atoms. The molecule has 2 aliphatic rings. The van der Waals surface area contributed by atoms with Crippen LogP contribution in [0.4, 0.5) is 0 Å². The first-order valence-corrected chi connectivity index (χ1v) is 8.52. The molecule has 6 nitrogen and oxygen atoms in total. The molecule has 0 aromatic heterocycles. The van der Waals surface area contributed by atoms with Gasteiger partial charge >= 0.3 is 5.97 Å². The van der Waals surface area contributed by atoms with Crippen molar-refractivity contribution in [3.63, 3.8) is 0 Å². The number of hydrogen-bond donors (Lipinski definition) is 1. The summed E-state index contributed by atoms with van der Waals surface area (Å²) in [4.78, 5) is 39.7. The second kappa shape index (κ2) is 6.89. The van der Waals surface area contributed by atoms with Gasteiger partial charge in [0.25, 0.3) is 0 Å². The molecule has 2 fully saturated rings. The average molecular weight is 324 g/mol. The quantitative estimate of drug-likeness (QED) is 0.858. The highest BCUT2D eigenvalue weighted by Gasteiger charge is 2.38. The Bertz CT molecular complexity index is 483. The van der Waals surface area contributed by atoms with Crippen LogP contribution in [-0.2, 0) is 14.4 Å². The van der Waals surface area contributed by atoms with Crippen LogP contribution in [0.1, 0.15) is 52.9 Å². The molecule has 2 saturated heterocycles. The van der Waals surface area contributed by atoms with E-state index in [0.717, 1.165) is 25.7 Å². The highest BCUT2D eigenvalue weighted by atomic mass is 16.4. The molecule has 2 unspecified atom stereocenters. The van der Waals surface area contributed by atoms with Gasteiger partial charge in [-0.25, -0.2) is 0 Å². The molecule has 2 atom stereocenters. The zero-order chi connectivity index (χ0) is 17.2. The summed E-state index contributed by atoms with van der Waals surface area (Å²) >= 11 is 0. The van der Waals surface area contributed by atoms with Gasteiger partial charge in [0.2, 0.25) is 11.8 Å². The number of carboxylic acids is 1. The summed E-state index contributed by atoms with van der Waals surface area (Å²) in [5, 5.41) is 9.00. The third kappa shape index (κ3) is 4.24. The smallest absolute Gasteiger partial charge is 0.305 e. The first kappa shape index (κ1) is 17.8. The van der Waals surface area contributed by atoms with Crippen LogP contribution >= 0.6 is 0 Å². The zero-order valence-corrected chi connectivity index (χ0v) is 14.4. The third-order valence-corrected chi connectivity index (χ3v) is 4.77. The molecule has 0 aromatic carbocycles. The lowest BCUT2D eigenvalue weighted by Crippen LogP contribution is -2.50. The van der Waals surface area contributed by atoms with Crippen LogP contribution in [0.15, 0.2) is 0 Å². The van der Waals surface area contributed by atoms with E-state index in [-0.39, 0.29) is 30.2 Å². The van der Waals surface area contributed by atoms with Gasteiger partial charge < -0.3 is 14.9 Å². The zero-order valence-electron chi connectivity index (χ0n) is 14.4. The first-order valence-electron chi connectivity index (χ1n) is 8.52. The van der Waals surface area contributed by atoms with Gasteiger partial charge in [0, 0.05) is 31.1 Å². The molecule has 0 saturated carbocycles. The molecular formula is C17H28N2O4. The van der Waals surface area contributed by atoms with Crippen molar-refractivity contribution in [3.05, 3.63) is 0 Å². The monoisotopic (exact) mass is 324 g/mol. The number of carbonyl (C=O) groups excluding carboxylic acids is 2. The maximum absolute atomic E-state index is 12.8. The minimum absolute atomic E-state index is 0.0170. The SMILES string of the molecule is CC(C)(C)C(=O)N1CCCC(C(=O)N2CCCC2CC(=O)O)C1. The van der Waals surface area contributed by atoms with E-state index in [1.165, 1.54) is 0 Å². The summed E-state index contributed by atoms with van der Waals surface area (Å²) in [7, 11) is 0. The molecule has 2 amide bonds. The first-order chi connectivity index (χ1) is 10.7. The molecule has 0 aliphatic carbocycles. The van der Waals surface area contributed by atoms with E-state index >= 15 is 0 Å². The summed E-state index contributed by atoms with van der Waals surface area (Å²) in [6.45, 7) is 7.49. The molecule has 0 spiro atoms. The van der Waals surface area contributed by atoms with Crippen molar-refractivity contribution in [2.24, 2.45) is 11.3 Å². The third-order valence-electron chi connectivity index (χ3n) is 4.77. The lowest BCUT2D eigenvalue weighted by atomic mass is 9.90. The Hall–Kier alpha value is -1.59. The van der Waals surface area contributed by atoms with E-state index in [1.807, 2.05) is 20.8 Å². The fraction of sp³-hybridized carbons (Fsp3) is 0.824. The normalized spacial score (nSPS) is 25.5. The molecular weight excluding hydrogens is 296 g/mol. The van der Waals surface area contributed by atoms with Gasteiger partial charge in [-0.3, -0.25) is 14.4 Å². The van der Waals surface area contributed by atoms with Crippen molar-refractivity contribution in [3.8, 4) is 0 Å². The van der Waals surface area contributed by atoms with Crippen molar-refractivity contribution in [1.82, 2.24) is 9.80 Å². The molecule has 1 N–H and O–H groups in total. The Morgan fingerprint density at radius 2 is 1.74 bits per heavy atom. The van der Waals surface area contributed by atoms with Gasteiger partial charge in [-0.15, -0.1) is 0 Å². The van der Waals surface area contributed by atoms with Crippen molar-refractivity contribution in [2.75, 3.05) is 19.6 Å². The average Bonchev–Trinajstić information content (AvgIpc) is 2.92. The van der Waals surface area contributed by atoms with Gasteiger partial charge in [-0.1, -0.05) is 20.8 Å². The predicted octanol–water partition coefficient (Wildman–Crippen LogP) is 1.74. The number of hydrogen-bond acceptors (Lipinski definition) is 3. The van der Waals surface area contributed by atoms with Crippen LogP contribution < -0.4 is 0 Å². The highest BCUT2D eigenvalue weighted by Crippen LogP contribution is 2.28. The fourth-order valence-corrected chi connectivity index (χ4v) is 3.61. The minimum atomic E-state index is -0.858. The number of amides is 2. The fourth-order valence-electron chi connectivity index (χ4n) is 3.61. The number of nitrogens with zero attached hydrogens (tertiary/aromatic N) is 2. The molecule has 0 aromatic rings. The summed E-state index contributed by atoms with van der Waals surface area (Å²) in [6, 6.07) is -0.186. The number of carboxylic acid groups (broad SMARTS) is 1. The van der Waals surface area contributed by atoms with Crippen molar-refractivity contribution >= 4 is 17.8 Å². The van der Waals surface area contributed by atoms with E-state index in [2.05, 4.69) is 0 Å². The molecule has 0 bridgehead atoms. The number of aliphatic carboxylic acids is 1. The highest BCUT2D eigenvalue weighted by molar-refractivity contribution is 5.84. The molecule has 2 aliphatic heterocycles. The van der Waals surface area contributed by atoms with Crippen LogP contribution in [0.5, 0.6) is 0 Å². The van der Waals surface area contributed by atoms with Crippen LogP contribution in [0.2, 0.25) is 0 Å². The van der Waals surface area contributed by atoms with Gasteiger partial charge in [-0.2, -0.15) is 0 Å². The Morgan fingerprint density at radius 1 is 1.09 bits per heavy atom. The van der Waals surface area contributed by atoms with E-state index in [0.29, 0.717) is 19.6 Å². The second-order valence-electron chi connectivity index (χ2n) is 7.77. The lowest BCUT2D eigenvalue weighted by Gasteiger charge is -2.38. The summed E-state index contributed by atoms with van der Waals surface area (Å²) < 4.78 is 0. The second-order valence-corrected chi connectivity index (χ2v) is 7.77. The predicted molar refractivity (Wildman–Crippen MR) is 85.7 cm³/mol. The van der Waals surface area contributed by atoms with E-state index in [4.69, 9.17) is 5.11 Å². The Balaban J connectivity index is 2.01. The number of carbonyl (C=O) groups is 3. The Labute approximate surface area is 137 Å². The summed E-state index contributed by atoms with van der Waals surface area (Å²) in [6.07, 6.45) is 3.25. The van der Waals surface area contributed by atoms with Crippen LogP contribution in [0.25, 0.3) is 0 Å². The summed E-state index contributed by atoms with van der Waals surface area (Å²) in [5.41, 5.74) is -0.440. The topological polar surface area (TPSA) is 77.9 Å². The molecule has 2 heterocycles. The Morgan fingerprint density at radius 3 is 2.35 bits per heavy atom. The van der Waals surface area contributed by atoms with Gasteiger partial charge in [0.05, 0.1) is 12.3 Å². The van der Waals surface area contributed by atoms with Crippen LogP contribution in [0.3, 0.4) is 0 Å². The van der Waals surface area contributed by atoms with E-state index in [1.54, 1.807) is 9.80 Å². The van der Waals surface area contributed by atoms with Crippen LogP contribution in [-0.4, -0.2) is 58.4 Å². The van der Waals surface area contributed by atoms with Crippen molar-refractivity contribution in [1.29, 1.82) is 0 Å². The van der Waals surface area contributed by atoms with Crippen LogP contribution in [0, 0.1) is 11.3 Å². The lowest BCUT2D eigenvalue weighted by molar-refractivity contribution is -0.146. The minimum Gasteiger partial charge on any atom is -0.481 e. The molecule has 0 radical (unpaired) electrons. The maximum atomic E-state index is 12.8. The molecule has 2 rings (SSSR count). The number of likely N-dealkylation sites (tertiary alicyclic amines) is 2. The van der Waals surface area contributed by atoms with Gasteiger partial charge in [-0.05, 0) is 25.7 Å². The molecule has 6 heteroatoms. The van der Waals surface area contributed by atoms with Crippen molar-refractivity contribution in [2.45, 2.75) is 58.9 Å². The molecule has 130 valence electrons. The standard InChI is InChI=1S/C17H28N2O4/c1-17(2,3)16(23)18-8-4-6-12(11-18)15(22)19-9-5-7-13(19)10-14(20)21/h12-13H,4-11H2,1-3H3,(H,20,21). The number of rotatable bonds is 3. The van der Waals surface area contributed by atoms with E-state index in [9.17, 15) is 14.4 Å². The van der Waals surface area contributed by atoms with Crippen molar-refractivity contribution < 1.29 is 19.5 Å². The maximum Gasteiger partial charge on any atom is 0.305 e. The largest absolute Gasteiger partial charge is 0.481 e.